The first-order valence-electron chi connectivity index (χ1n) is 5.41. The molecule has 0 spiro atoms. The molecule has 86 valence electrons. The van der Waals surface area contributed by atoms with Gasteiger partial charge in [0.2, 0.25) is 0 Å². The van der Waals surface area contributed by atoms with Gasteiger partial charge in [0.25, 0.3) is 0 Å². The van der Waals surface area contributed by atoms with Crippen molar-refractivity contribution in [2.24, 2.45) is 5.16 Å². The average Bonchev–Trinajstić information content (AvgIpc) is 2.36. The summed E-state index contributed by atoms with van der Waals surface area (Å²) in [5.41, 5.74) is 3.06. The van der Waals surface area contributed by atoms with Crippen molar-refractivity contribution in [3.05, 3.63) is 29.8 Å². The zero-order valence-electron chi connectivity index (χ0n) is 9.39. The number of hydrogen-bond acceptors (Lipinski definition) is 4. The van der Waals surface area contributed by atoms with E-state index >= 15 is 0 Å². The second kappa shape index (κ2) is 5.25. The molecule has 0 saturated carbocycles. The van der Waals surface area contributed by atoms with E-state index in [0.29, 0.717) is 0 Å². The molecule has 16 heavy (non-hydrogen) atoms. The molecule has 0 atom stereocenters. The molecular weight excluding hydrogens is 220 g/mol. The summed E-state index contributed by atoms with van der Waals surface area (Å²) < 4.78 is 0. The van der Waals surface area contributed by atoms with Gasteiger partial charge in [-0.1, -0.05) is 23.4 Å². The van der Waals surface area contributed by atoms with Crippen LogP contribution in [0.2, 0.25) is 0 Å². The number of fused-ring (bicyclic) bond motifs is 1. The molecule has 0 amide bonds. The van der Waals surface area contributed by atoms with Gasteiger partial charge in [-0.05, 0) is 12.3 Å². The molecule has 0 fully saturated rings. The maximum absolute atomic E-state index is 8.97. The Bertz CT molecular complexity index is 392. The maximum Gasteiger partial charge on any atom is 0.0906 e. The van der Waals surface area contributed by atoms with Crippen LogP contribution < -0.4 is 4.90 Å². The van der Waals surface area contributed by atoms with Crippen molar-refractivity contribution in [1.82, 2.24) is 0 Å². The van der Waals surface area contributed by atoms with Crippen molar-refractivity contribution in [3.8, 4) is 0 Å². The Hall–Kier alpha value is -1.16. The average molecular weight is 236 g/mol. The van der Waals surface area contributed by atoms with Gasteiger partial charge in [0, 0.05) is 36.5 Å². The van der Waals surface area contributed by atoms with Gasteiger partial charge in [-0.15, -0.1) is 0 Å². The molecule has 0 saturated heterocycles. The van der Waals surface area contributed by atoms with Gasteiger partial charge >= 0.3 is 0 Å². The SMILES string of the molecule is CSCCN1CC/C(=N/O)c2ccccc21. The minimum Gasteiger partial charge on any atom is -0.411 e. The molecular formula is C12H16N2OS. The third-order valence-electron chi connectivity index (χ3n) is 2.86. The van der Waals surface area contributed by atoms with E-state index < -0.39 is 0 Å². The lowest BCUT2D eigenvalue weighted by Crippen LogP contribution is -2.34. The van der Waals surface area contributed by atoms with Crippen molar-refractivity contribution >= 4 is 23.2 Å². The molecule has 1 aliphatic rings. The first kappa shape index (κ1) is 11.3. The van der Waals surface area contributed by atoms with Crippen LogP contribution >= 0.6 is 11.8 Å². The van der Waals surface area contributed by atoms with Crippen LogP contribution in [-0.4, -0.2) is 36.0 Å². The predicted molar refractivity (Wildman–Crippen MR) is 70.0 cm³/mol. The van der Waals surface area contributed by atoms with Crippen LogP contribution in [0.1, 0.15) is 12.0 Å². The molecule has 3 nitrogen and oxygen atoms in total. The standard InChI is InChI=1S/C12H16N2OS/c1-16-9-8-14-7-6-11(13-15)10-4-2-3-5-12(10)14/h2-5,15H,6-9H2,1H3/b13-11-. The summed E-state index contributed by atoms with van der Waals surface area (Å²) in [6.45, 7) is 1.99. The van der Waals surface area contributed by atoms with Crippen LogP contribution in [0.25, 0.3) is 0 Å². The number of thioether (sulfide) groups is 1. The maximum atomic E-state index is 8.97. The lowest BCUT2D eigenvalue weighted by Gasteiger charge is -2.31. The number of benzene rings is 1. The van der Waals surface area contributed by atoms with E-state index in [2.05, 4.69) is 22.4 Å². The van der Waals surface area contributed by atoms with E-state index in [0.717, 1.165) is 36.5 Å². The summed E-state index contributed by atoms with van der Waals surface area (Å²) in [6.07, 6.45) is 2.94. The summed E-state index contributed by atoms with van der Waals surface area (Å²) in [7, 11) is 0. The number of nitrogens with zero attached hydrogens (tertiary/aromatic N) is 2. The van der Waals surface area contributed by atoms with Gasteiger partial charge in [0.1, 0.15) is 0 Å². The Morgan fingerprint density at radius 2 is 2.25 bits per heavy atom. The fourth-order valence-electron chi connectivity index (χ4n) is 2.03. The zero-order valence-corrected chi connectivity index (χ0v) is 10.2. The zero-order chi connectivity index (χ0) is 11.4. The first-order chi connectivity index (χ1) is 7.86. The summed E-state index contributed by atoms with van der Waals surface area (Å²) >= 11 is 1.86. The van der Waals surface area contributed by atoms with E-state index in [1.165, 1.54) is 5.69 Å². The normalized spacial score (nSPS) is 17.6. The van der Waals surface area contributed by atoms with E-state index in [9.17, 15) is 0 Å². The van der Waals surface area contributed by atoms with Gasteiger partial charge in [-0.25, -0.2) is 0 Å². The number of rotatable bonds is 3. The number of hydrogen-bond donors (Lipinski definition) is 1. The molecule has 2 rings (SSSR count). The quantitative estimate of drug-likeness (QED) is 0.647. The highest BCUT2D eigenvalue weighted by atomic mass is 32.2. The third kappa shape index (κ3) is 2.16. The Morgan fingerprint density at radius 1 is 1.44 bits per heavy atom. The monoisotopic (exact) mass is 236 g/mol. The van der Waals surface area contributed by atoms with Crippen LogP contribution in [0.3, 0.4) is 0 Å². The topological polar surface area (TPSA) is 35.8 Å². The second-order valence-corrected chi connectivity index (χ2v) is 4.78. The smallest absolute Gasteiger partial charge is 0.0906 e. The van der Waals surface area contributed by atoms with Crippen molar-refractivity contribution < 1.29 is 5.21 Å². The lowest BCUT2D eigenvalue weighted by molar-refractivity contribution is 0.318. The molecule has 0 aromatic heterocycles. The third-order valence-corrected chi connectivity index (χ3v) is 3.45. The summed E-state index contributed by atoms with van der Waals surface area (Å²) in [4.78, 5) is 2.36. The molecule has 0 radical (unpaired) electrons. The van der Waals surface area contributed by atoms with E-state index in [-0.39, 0.29) is 0 Å². The summed E-state index contributed by atoms with van der Waals surface area (Å²) in [5.74, 6) is 1.12. The van der Waals surface area contributed by atoms with E-state index in [4.69, 9.17) is 5.21 Å². The number of anilines is 1. The van der Waals surface area contributed by atoms with Gasteiger partial charge in [-0.3, -0.25) is 0 Å². The highest BCUT2D eigenvalue weighted by Crippen LogP contribution is 2.27. The molecule has 4 heteroatoms. The van der Waals surface area contributed by atoms with Crippen LogP contribution in [-0.2, 0) is 0 Å². The van der Waals surface area contributed by atoms with Crippen molar-refractivity contribution in [2.45, 2.75) is 6.42 Å². The van der Waals surface area contributed by atoms with Gasteiger partial charge in [0.05, 0.1) is 5.71 Å². The van der Waals surface area contributed by atoms with Gasteiger partial charge < -0.3 is 10.1 Å². The molecule has 1 aliphatic heterocycles. The number of para-hydroxylation sites is 1. The Balaban J connectivity index is 2.28. The van der Waals surface area contributed by atoms with Crippen LogP contribution in [0.15, 0.2) is 29.4 Å². The largest absolute Gasteiger partial charge is 0.411 e. The van der Waals surface area contributed by atoms with Gasteiger partial charge in [-0.2, -0.15) is 11.8 Å². The Labute approximate surface area is 100 Å². The molecule has 0 aliphatic carbocycles. The molecule has 0 unspecified atom stereocenters. The molecule has 0 bridgehead atoms. The fraction of sp³-hybridized carbons (Fsp3) is 0.417. The minimum absolute atomic E-state index is 0.802. The van der Waals surface area contributed by atoms with Crippen molar-refractivity contribution in [2.75, 3.05) is 30.0 Å². The van der Waals surface area contributed by atoms with Crippen molar-refractivity contribution in [1.29, 1.82) is 0 Å². The van der Waals surface area contributed by atoms with Crippen LogP contribution in [0, 0.1) is 0 Å². The highest BCUT2D eigenvalue weighted by molar-refractivity contribution is 7.98. The van der Waals surface area contributed by atoms with E-state index in [1.54, 1.807) is 0 Å². The Kier molecular flexibility index (Phi) is 3.72. The summed E-state index contributed by atoms with van der Waals surface area (Å²) in [5, 5.41) is 12.4. The summed E-state index contributed by atoms with van der Waals surface area (Å²) in [6, 6.07) is 8.14. The highest BCUT2D eigenvalue weighted by Gasteiger charge is 2.20. The molecule has 1 heterocycles. The van der Waals surface area contributed by atoms with Crippen LogP contribution in [0.5, 0.6) is 0 Å². The Morgan fingerprint density at radius 3 is 3.00 bits per heavy atom. The molecule has 1 aromatic carbocycles. The molecule has 1 N–H and O–H groups in total. The fourth-order valence-corrected chi connectivity index (χ4v) is 2.43. The minimum atomic E-state index is 0.802. The lowest BCUT2D eigenvalue weighted by atomic mass is 10.00. The number of oxime groups is 1. The van der Waals surface area contributed by atoms with E-state index in [1.807, 2.05) is 30.0 Å². The van der Waals surface area contributed by atoms with Crippen LogP contribution in [0.4, 0.5) is 5.69 Å². The second-order valence-electron chi connectivity index (χ2n) is 3.79. The van der Waals surface area contributed by atoms with Crippen molar-refractivity contribution in [3.63, 3.8) is 0 Å². The predicted octanol–water partition coefficient (Wildman–Crippen LogP) is 2.44. The van der Waals surface area contributed by atoms with Gasteiger partial charge in [0.15, 0.2) is 0 Å². The molecule has 1 aromatic rings. The first-order valence-corrected chi connectivity index (χ1v) is 6.80.